The summed E-state index contributed by atoms with van der Waals surface area (Å²) in [6.07, 6.45) is 0.466. The van der Waals surface area contributed by atoms with E-state index >= 15 is 0 Å². The van der Waals surface area contributed by atoms with Gasteiger partial charge in [-0.1, -0.05) is 11.8 Å². The van der Waals surface area contributed by atoms with Gasteiger partial charge in [0.1, 0.15) is 0 Å². The van der Waals surface area contributed by atoms with E-state index in [1.54, 1.807) is 0 Å². The molecule has 1 aliphatic heterocycles. The molecule has 21 heavy (non-hydrogen) atoms. The molecule has 1 aliphatic rings. The fourth-order valence-corrected chi connectivity index (χ4v) is 3.14. The van der Waals surface area contributed by atoms with E-state index in [1.165, 1.54) is 11.3 Å². The Balaban J connectivity index is 2.06. The van der Waals surface area contributed by atoms with Crippen molar-refractivity contribution in [1.29, 1.82) is 0 Å². The molecule has 0 unspecified atom stereocenters. The van der Waals surface area contributed by atoms with Gasteiger partial charge in [-0.15, -0.1) is 11.3 Å². The van der Waals surface area contributed by atoms with Crippen molar-refractivity contribution in [3.05, 3.63) is 21.9 Å². The maximum absolute atomic E-state index is 12.6. The van der Waals surface area contributed by atoms with E-state index < -0.39 is 0 Å². The van der Waals surface area contributed by atoms with Crippen molar-refractivity contribution in [2.45, 2.75) is 25.8 Å². The lowest BCUT2D eigenvalue weighted by Gasteiger charge is -2.45. The molecule has 0 aliphatic carbocycles. The van der Waals surface area contributed by atoms with Crippen LogP contribution in [0.1, 0.15) is 34.8 Å². The second-order valence-corrected chi connectivity index (χ2v) is 6.98. The summed E-state index contributed by atoms with van der Waals surface area (Å²) < 4.78 is 0. The topological polar surface area (TPSA) is 43.8 Å². The molecule has 2 rings (SSSR count). The number of likely N-dealkylation sites (N-methyl/N-ethyl adjacent to an activating group) is 1. The maximum Gasteiger partial charge on any atom is 0.264 e. The smallest absolute Gasteiger partial charge is 0.264 e. The van der Waals surface area contributed by atoms with Crippen LogP contribution in [0.3, 0.4) is 0 Å². The van der Waals surface area contributed by atoms with Gasteiger partial charge in [-0.05, 0) is 33.0 Å². The Morgan fingerprint density at radius 3 is 2.86 bits per heavy atom. The largest absolute Gasteiger partial charge is 0.395 e. The number of nitrogens with zero attached hydrogens (tertiary/aromatic N) is 2. The number of aliphatic hydroxyl groups excluding tert-OH is 1. The summed E-state index contributed by atoms with van der Waals surface area (Å²) >= 11 is 1.43. The van der Waals surface area contributed by atoms with Gasteiger partial charge < -0.3 is 10.0 Å². The molecule has 2 heterocycles. The van der Waals surface area contributed by atoms with Crippen LogP contribution in [0.25, 0.3) is 0 Å². The highest BCUT2D eigenvalue weighted by molar-refractivity contribution is 7.14. The Bertz CT molecular complexity index is 568. The summed E-state index contributed by atoms with van der Waals surface area (Å²) in [6, 6.07) is 3.73. The average Bonchev–Trinajstić information content (AvgIpc) is 2.90. The Morgan fingerprint density at radius 2 is 2.19 bits per heavy atom. The predicted molar refractivity (Wildman–Crippen MR) is 85.5 cm³/mol. The number of piperazine rings is 1. The molecule has 5 heteroatoms. The first-order valence-electron chi connectivity index (χ1n) is 7.14. The van der Waals surface area contributed by atoms with Crippen molar-refractivity contribution < 1.29 is 9.90 Å². The van der Waals surface area contributed by atoms with E-state index in [-0.39, 0.29) is 18.1 Å². The van der Waals surface area contributed by atoms with Gasteiger partial charge in [-0.25, -0.2) is 0 Å². The van der Waals surface area contributed by atoms with Crippen molar-refractivity contribution in [1.82, 2.24) is 9.80 Å². The van der Waals surface area contributed by atoms with Crippen molar-refractivity contribution in [2.75, 3.05) is 33.3 Å². The fraction of sp³-hybridized carbons (Fsp3) is 0.562. The van der Waals surface area contributed by atoms with Gasteiger partial charge in [-0.2, -0.15) is 0 Å². The van der Waals surface area contributed by atoms with Crippen LogP contribution in [0.4, 0.5) is 0 Å². The van der Waals surface area contributed by atoms with E-state index in [4.69, 9.17) is 5.11 Å². The lowest BCUT2D eigenvalue weighted by Crippen LogP contribution is -2.58. The third-order valence-corrected chi connectivity index (χ3v) is 4.86. The molecule has 0 aromatic carbocycles. The minimum atomic E-state index is 0.00886. The summed E-state index contributed by atoms with van der Waals surface area (Å²) in [5, 5.41) is 8.71. The minimum absolute atomic E-state index is 0.00886. The molecule has 0 radical (unpaired) electrons. The molecule has 1 N–H and O–H groups in total. The van der Waals surface area contributed by atoms with Crippen LogP contribution in [0.5, 0.6) is 0 Å². The number of amides is 1. The number of carbonyl (C=O) groups is 1. The van der Waals surface area contributed by atoms with Crippen molar-refractivity contribution in [2.24, 2.45) is 0 Å². The van der Waals surface area contributed by atoms with Gasteiger partial charge in [0, 0.05) is 31.6 Å². The first kappa shape index (κ1) is 16.0. The lowest BCUT2D eigenvalue weighted by atomic mass is 9.99. The second-order valence-electron chi connectivity index (χ2n) is 5.90. The van der Waals surface area contributed by atoms with Gasteiger partial charge in [0.25, 0.3) is 5.91 Å². The molecule has 1 fully saturated rings. The number of carbonyl (C=O) groups excluding carboxylic acids is 1. The molecule has 4 nitrogen and oxygen atoms in total. The molecule has 0 atom stereocenters. The van der Waals surface area contributed by atoms with E-state index in [1.807, 2.05) is 17.0 Å². The van der Waals surface area contributed by atoms with Crippen molar-refractivity contribution >= 4 is 17.2 Å². The van der Waals surface area contributed by atoms with Gasteiger partial charge in [0.15, 0.2) is 0 Å². The predicted octanol–water partition coefficient (Wildman–Crippen LogP) is 1.65. The van der Waals surface area contributed by atoms with Crippen molar-refractivity contribution in [3.63, 3.8) is 0 Å². The van der Waals surface area contributed by atoms with E-state index in [2.05, 4.69) is 37.6 Å². The molecule has 114 valence electrons. The molecule has 1 saturated heterocycles. The molecule has 0 saturated carbocycles. The number of hydrogen-bond donors (Lipinski definition) is 1. The molecular weight excluding hydrogens is 284 g/mol. The highest BCUT2D eigenvalue weighted by Crippen LogP contribution is 2.23. The number of thiophene rings is 1. The van der Waals surface area contributed by atoms with Gasteiger partial charge >= 0.3 is 0 Å². The quantitative estimate of drug-likeness (QED) is 0.845. The van der Waals surface area contributed by atoms with Gasteiger partial charge in [0.05, 0.1) is 16.4 Å². The number of aliphatic hydroxyl groups is 1. The van der Waals surface area contributed by atoms with Crippen LogP contribution >= 0.6 is 11.3 Å². The zero-order valence-corrected chi connectivity index (χ0v) is 13.7. The van der Waals surface area contributed by atoms with Crippen LogP contribution < -0.4 is 0 Å². The number of rotatable bonds is 2. The minimum Gasteiger partial charge on any atom is -0.395 e. The van der Waals surface area contributed by atoms with Gasteiger partial charge in [0.2, 0.25) is 0 Å². The first-order chi connectivity index (χ1) is 9.94. The molecule has 1 aromatic heterocycles. The van der Waals surface area contributed by atoms with Crippen LogP contribution in [-0.2, 0) is 0 Å². The molecule has 1 aromatic rings. The molecule has 1 amide bonds. The van der Waals surface area contributed by atoms with E-state index in [0.29, 0.717) is 6.42 Å². The SMILES string of the molecule is CN1CCN(C(=O)c2ccc(C#CCCO)s2)CC1(C)C. The zero-order valence-electron chi connectivity index (χ0n) is 12.8. The molecule has 0 bridgehead atoms. The second kappa shape index (κ2) is 6.61. The Morgan fingerprint density at radius 1 is 1.43 bits per heavy atom. The lowest BCUT2D eigenvalue weighted by molar-refractivity contribution is 0.0315. The van der Waals surface area contributed by atoms with Crippen molar-refractivity contribution in [3.8, 4) is 11.8 Å². The molecule has 0 spiro atoms. The fourth-order valence-electron chi connectivity index (χ4n) is 2.29. The highest BCUT2D eigenvalue weighted by atomic mass is 32.1. The van der Waals surface area contributed by atoms with E-state index in [9.17, 15) is 4.79 Å². The summed E-state index contributed by atoms with van der Waals surface area (Å²) in [7, 11) is 2.10. The number of hydrogen-bond acceptors (Lipinski definition) is 4. The van der Waals surface area contributed by atoms with Crippen LogP contribution in [0.15, 0.2) is 12.1 Å². The van der Waals surface area contributed by atoms with Crippen LogP contribution in [0.2, 0.25) is 0 Å². The standard InChI is InChI=1S/C16H22N2O2S/c1-16(2)12-18(10-9-17(16)3)15(20)14-8-7-13(21-14)6-4-5-11-19/h7-8,19H,5,9-12H2,1-3H3. The highest BCUT2D eigenvalue weighted by Gasteiger charge is 2.33. The molecular formula is C16H22N2O2S. The van der Waals surface area contributed by atoms with Crippen LogP contribution in [0, 0.1) is 11.8 Å². The maximum atomic E-state index is 12.6. The Kier molecular flexibility index (Phi) is 5.04. The Labute approximate surface area is 130 Å². The normalized spacial score (nSPS) is 18.2. The zero-order chi connectivity index (χ0) is 15.5. The summed E-state index contributed by atoms with van der Waals surface area (Å²) in [5.74, 6) is 5.95. The average molecular weight is 306 g/mol. The first-order valence-corrected chi connectivity index (χ1v) is 7.96. The summed E-state index contributed by atoms with van der Waals surface area (Å²) in [4.78, 5) is 18.4. The van der Waals surface area contributed by atoms with Crippen LogP contribution in [-0.4, -0.2) is 59.6 Å². The monoisotopic (exact) mass is 306 g/mol. The van der Waals surface area contributed by atoms with Gasteiger partial charge in [-0.3, -0.25) is 9.69 Å². The third kappa shape index (κ3) is 3.85. The summed E-state index contributed by atoms with van der Waals surface area (Å²) in [6.45, 7) is 6.79. The third-order valence-electron chi connectivity index (χ3n) is 3.87. The van der Waals surface area contributed by atoms with E-state index in [0.717, 1.165) is 29.4 Å². The summed E-state index contributed by atoms with van der Waals surface area (Å²) in [5.41, 5.74) is 0.00886. The Hall–Kier alpha value is -1.35.